The summed E-state index contributed by atoms with van der Waals surface area (Å²) in [6, 6.07) is -0.272. The molecule has 0 aromatic carbocycles. The zero-order chi connectivity index (χ0) is 8.69. The predicted octanol–water partition coefficient (Wildman–Crippen LogP) is -1.42. The fourth-order valence-corrected chi connectivity index (χ4v) is 0.867. The van der Waals surface area contributed by atoms with Crippen molar-refractivity contribution in [3.63, 3.8) is 0 Å². The van der Waals surface area contributed by atoms with Crippen LogP contribution in [0.1, 0.15) is 25.7 Å². The Kier molecular flexibility index (Phi) is 5.78. The number of carbonyl (C=O) groups is 1. The summed E-state index contributed by atoms with van der Waals surface area (Å²) in [6.07, 6.45) is 2.46. The highest BCUT2D eigenvalue weighted by Crippen LogP contribution is 2.00. The second-order valence-corrected chi connectivity index (χ2v) is 2.62. The summed E-state index contributed by atoms with van der Waals surface area (Å²) in [4.78, 5) is 10.0. The lowest BCUT2D eigenvalue weighted by atomic mass is 10.1. The molecule has 0 saturated carbocycles. The van der Waals surface area contributed by atoms with Crippen molar-refractivity contribution < 1.29 is 9.90 Å². The summed E-state index contributed by atoms with van der Waals surface area (Å²) in [6.45, 7) is 0.637. The van der Waals surface area contributed by atoms with E-state index in [1.54, 1.807) is 0 Å². The third kappa shape index (κ3) is 7.29. The van der Waals surface area contributed by atoms with E-state index in [1.807, 2.05) is 0 Å². The minimum atomic E-state index is -1.08. The van der Waals surface area contributed by atoms with Crippen molar-refractivity contribution in [2.45, 2.75) is 31.7 Å². The van der Waals surface area contributed by atoms with Crippen LogP contribution in [0.2, 0.25) is 0 Å². The van der Waals surface area contributed by atoms with Crippen molar-refractivity contribution in [1.29, 1.82) is 0 Å². The smallest absolute Gasteiger partial charge is 0.0429 e. The number of hydrogen-bond acceptors (Lipinski definition) is 4. The SMILES string of the molecule is NCCCCC(N)CC(=O)[O-]. The van der Waals surface area contributed by atoms with E-state index in [1.165, 1.54) is 0 Å². The standard InChI is InChI=1S/C7H16N2O2/c8-4-2-1-3-6(9)5-7(10)11/h6H,1-5,8-9H2,(H,10,11)/p-1. The number of hydrogen-bond donors (Lipinski definition) is 2. The fourth-order valence-electron chi connectivity index (χ4n) is 0.867. The molecular formula is C7H15N2O2-. The zero-order valence-corrected chi connectivity index (χ0v) is 6.58. The molecule has 4 N–H and O–H groups in total. The Morgan fingerprint density at radius 3 is 2.55 bits per heavy atom. The molecule has 0 bridgehead atoms. The van der Waals surface area contributed by atoms with Gasteiger partial charge in [0.1, 0.15) is 0 Å². The van der Waals surface area contributed by atoms with Gasteiger partial charge in [0.15, 0.2) is 0 Å². The molecule has 11 heavy (non-hydrogen) atoms. The monoisotopic (exact) mass is 159 g/mol. The molecule has 4 heteroatoms. The number of rotatable bonds is 6. The molecule has 0 radical (unpaired) electrons. The molecule has 0 spiro atoms. The van der Waals surface area contributed by atoms with Gasteiger partial charge >= 0.3 is 0 Å². The van der Waals surface area contributed by atoms with Crippen LogP contribution in [0.3, 0.4) is 0 Å². The highest BCUT2D eigenvalue weighted by Gasteiger charge is 2.01. The molecule has 0 rings (SSSR count). The summed E-state index contributed by atoms with van der Waals surface area (Å²) in [5.41, 5.74) is 10.7. The maximum Gasteiger partial charge on any atom is 0.0429 e. The maximum atomic E-state index is 10.0. The number of carboxylic acids is 1. The summed E-state index contributed by atoms with van der Waals surface area (Å²) >= 11 is 0. The van der Waals surface area contributed by atoms with Crippen LogP contribution < -0.4 is 16.6 Å². The van der Waals surface area contributed by atoms with Crippen LogP contribution in [-0.4, -0.2) is 18.6 Å². The molecule has 0 fully saturated rings. The van der Waals surface area contributed by atoms with Crippen LogP contribution in [0.4, 0.5) is 0 Å². The van der Waals surface area contributed by atoms with Crippen LogP contribution in [0, 0.1) is 0 Å². The Hall–Kier alpha value is -0.610. The summed E-state index contributed by atoms with van der Waals surface area (Å²) in [5, 5.41) is 10.0. The van der Waals surface area contributed by atoms with E-state index in [4.69, 9.17) is 11.5 Å². The maximum absolute atomic E-state index is 10.0. The average Bonchev–Trinajstić information content (AvgIpc) is 1.86. The molecule has 1 atom stereocenters. The second-order valence-electron chi connectivity index (χ2n) is 2.62. The van der Waals surface area contributed by atoms with Crippen LogP contribution in [0.5, 0.6) is 0 Å². The first-order valence-electron chi connectivity index (χ1n) is 3.82. The Labute approximate surface area is 66.6 Å². The Morgan fingerprint density at radius 2 is 2.09 bits per heavy atom. The lowest BCUT2D eigenvalue weighted by Gasteiger charge is -2.10. The van der Waals surface area contributed by atoms with Crippen molar-refractivity contribution in [2.24, 2.45) is 11.5 Å². The van der Waals surface area contributed by atoms with Crippen molar-refractivity contribution in [3.8, 4) is 0 Å². The van der Waals surface area contributed by atoms with Gasteiger partial charge in [0.25, 0.3) is 0 Å². The Balaban J connectivity index is 3.22. The molecule has 1 unspecified atom stereocenters. The van der Waals surface area contributed by atoms with E-state index in [2.05, 4.69) is 0 Å². The summed E-state index contributed by atoms with van der Waals surface area (Å²) < 4.78 is 0. The van der Waals surface area contributed by atoms with Gasteiger partial charge in [-0.1, -0.05) is 6.42 Å². The van der Waals surface area contributed by atoms with Crippen LogP contribution in [0.25, 0.3) is 0 Å². The molecule has 0 amide bonds. The molecule has 0 heterocycles. The highest BCUT2D eigenvalue weighted by atomic mass is 16.4. The molecular weight excluding hydrogens is 144 g/mol. The number of carboxylic acid groups (broad SMARTS) is 1. The van der Waals surface area contributed by atoms with E-state index in [9.17, 15) is 9.90 Å². The van der Waals surface area contributed by atoms with Gasteiger partial charge in [-0.15, -0.1) is 0 Å². The van der Waals surface area contributed by atoms with Crippen LogP contribution in [-0.2, 0) is 4.79 Å². The third-order valence-corrected chi connectivity index (χ3v) is 1.46. The van der Waals surface area contributed by atoms with Crippen molar-refractivity contribution in [1.82, 2.24) is 0 Å². The van der Waals surface area contributed by atoms with Gasteiger partial charge < -0.3 is 21.4 Å². The first kappa shape index (κ1) is 10.4. The van der Waals surface area contributed by atoms with Gasteiger partial charge in [-0.2, -0.15) is 0 Å². The minimum Gasteiger partial charge on any atom is -0.550 e. The minimum absolute atomic E-state index is 0.0510. The first-order chi connectivity index (χ1) is 5.16. The molecule has 0 aromatic heterocycles. The van der Waals surface area contributed by atoms with E-state index in [0.29, 0.717) is 13.0 Å². The van der Waals surface area contributed by atoms with Crippen molar-refractivity contribution in [3.05, 3.63) is 0 Å². The first-order valence-corrected chi connectivity index (χ1v) is 3.82. The zero-order valence-electron chi connectivity index (χ0n) is 6.58. The predicted molar refractivity (Wildman–Crippen MR) is 40.5 cm³/mol. The molecule has 0 saturated heterocycles. The number of unbranched alkanes of at least 4 members (excludes halogenated alkanes) is 1. The number of nitrogens with two attached hydrogens (primary N) is 2. The molecule has 4 nitrogen and oxygen atoms in total. The van der Waals surface area contributed by atoms with E-state index in [-0.39, 0.29) is 12.5 Å². The summed E-state index contributed by atoms with van der Waals surface area (Å²) in [5.74, 6) is -1.08. The molecule has 0 aliphatic carbocycles. The van der Waals surface area contributed by atoms with Crippen molar-refractivity contribution in [2.75, 3.05) is 6.54 Å². The van der Waals surface area contributed by atoms with Crippen LogP contribution >= 0.6 is 0 Å². The lowest BCUT2D eigenvalue weighted by molar-refractivity contribution is -0.306. The highest BCUT2D eigenvalue weighted by molar-refractivity contribution is 5.64. The van der Waals surface area contributed by atoms with Crippen molar-refractivity contribution >= 4 is 5.97 Å². The van der Waals surface area contributed by atoms with Gasteiger partial charge in [-0.25, -0.2) is 0 Å². The molecule has 0 aliphatic rings. The van der Waals surface area contributed by atoms with Gasteiger partial charge in [0.2, 0.25) is 0 Å². The normalized spacial score (nSPS) is 12.9. The van der Waals surface area contributed by atoms with Gasteiger partial charge in [0, 0.05) is 18.4 Å². The third-order valence-electron chi connectivity index (χ3n) is 1.46. The fraction of sp³-hybridized carbons (Fsp3) is 0.857. The van der Waals surface area contributed by atoms with Gasteiger partial charge in [0.05, 0.1) is 0 Å². The van der Waals surface area contributed by atoms with E-state index >= 15 is 0 Å². The van der Waals surface area contributed by atoms with Crippen LogP contribution in [0.15, 0.2) is 0 Å². The second kappa shape index (κ2) is 6.12. The largest absolute Gasteiger partial charge is 0.550 e. The summed E-state index contributed by atoms with van der Waals surface area (Å²) in [7, 11) is 0. The number of aliphatic carboxylic acids is 1. The Morgan fingerprint density at radius 1 is 1.45 bits per heavy atom. The lowest BCUT2D eigenvalue weighted by Crippen LogP contribution is -2.32. The molecule has 66 valence electrons. The number of carbonyl (C=O) groups excluding carboxylic acids is 1. The Bertz CT molecular complexity index is 117. The average molecular weight is 159 g/mol. The van der Waals surface area contributed by atoms with Gasteiger partial charge in [-0.3, -0.25) is 0 Å². The molecule has 0 aliphatic heterocycles. The van der Waals surface area contributed by atoms with E-state index < -0.39 is 5.97 Å². The topological polar surface area (TPSA) is 92.2 Å². The van der Waals surface area contributed by atoms with Gasteiger partial charge in [-0.05, 0) is 19.4 Å². The quantitative estimate of drug-likeness (QED) is 0.465. The van der Waals surface area contributed by atoms with E-state index in [0.717, 1.165) is 12.8 Å². The molecule has 0 aromatic rings.